The Labute approximate surface area is 232 Å². The fourth-order valence-corrected chi connectivity index (χ4v) is 4.21. The van der Waals surface area contributed by atoms with Crippen molar-refractivity contribution in [1.82, 2.24) is 16.1 Å². The summed E-state index contributed by atoms with van der Waals surface area (Å²) in [5.41, 5.74) is 4.17. The zero-order chi connectivity index (χ0) is 27.8. The number of phenolic OH excluding ortho intramolecular Hbond substituents is 1. The summed E-state index contributed by atoms with van der Waals surface area (Å²) in [5, 5.41) is 19.1. The van der Waals surface area contributed by atoms with Gasteiger partial charge in [-0.15, -0.1) is 0 Å². The number of hydrazone groups is 1. The van der Waals surface area contributed by atoms with E-state index in [0.717, 1.165) is 0 Å². The van der Waals surface area contributed by atoms with Gasteiger partial charge in [0.1, 0.15) is 0 Å². The number of nitrogens with one attached hydrogen (secondary N) is 3. The van der Waals surface area contributed by atoms with E-state index in [0.29, 0.717) is 26.1 Å². The van der Waals surface area contributed by atoms with E-state index in [1.165, 1.54) is 20.4 Å². The van der Waals surface area contributed by atoms with Crippen LogP contribution in [0.2, 0.25) is 0 Å². The van der Waals surface area contributed by atoms with Crippen LogP contribution in [-0.4, -0.2) is 56.7 Å². The number of rotatable bonds is 10. The second-order valence-electron chi connectivity index (χ2n) is 7.84. The van der Waals surface area contributed by atoms with Crippen LogP contribution in [0.15, 0.2) is 46.7 Å². The van der Waals surface area contributed by atoms with E-state index in [-0.39, 0.29) is 36.0 Å². The van der Waals surface area contributed by atoms with Crippen molar-refractivity contribution in [3.63, 3.8) is 0 Å². The van der Waals surface area contributed by atoms with Gasteiger partial charge in [-0.3, -0.25) is 4.79 Å². The number of nitrogens with zero attached hydrogens (tertiary/aromatic N) is 1. The number of hydrogen-bond acceptors (Lipinski definition) is 9. The van der Waals surface area contributed by atoms with Crippen LogP contribution in [-0.2, 0) is 14.3 Å². The van der Waals surface area contributed by atoms with Crippen LogP contribution in [0.3, 0.4) is 0 Å². The maximum Gasteiger partial charge on any atom is 0.338 e. The minimum atomic E-state index is -0.773. The van der Waals surface area contributed by atoms with Crippen molar-refractivity contribution >= 4 is 46.7 Å². The fraction of sp³-hybridized carbons (Fsp3) is 0.280. The molecule has 1 aliphatic heterocycles. The Kier molecular flexibility index (Phi) is 9.76. The molecule has 38 heavy (non-hydrogen) atoms. The molecule has 2 aromatic rings. The first-order valence-corrected chi connectivity index (χ1v) is 12.4. The molecule has 4 N–H and O–H groups in total. The molecule has 3 amide bonds. The first-order chi connectivity index (χ1) is 18.2. The number of amides is 3. The molecular weight excluding hydrogens is 611 g/mol. The summed E-state index contributed by atoms with van der Waals surface area (Å²) in [6, 6.07) is 6.84. The number of phenols is 1. The smallest absolute Gasteiger partial charge is 0.338 e. The molecule has 13 heteroatoms. The van der Waals surface area contributed by atoms with Crippen LogP contribution in [0.4, 0.5) is 4.79 Å². The molecule has 0 aromatic heterocycles. The van der Waals surface area contributed by atoms with Crippen molar-refractivity contribution in [2.75, 3.05) is 27.4 Å². The molecule has 3 rings (SSSR count). The van der Waals surface area contributed by atoms with Crippen molar-refractivity contribution < 1.29 is 38.4 Å². The standard InChI is InChI=1S/C25H27IN4O8/c1-5-37-24(33)21-13(2)28-25(34)29-22(21)15-6-7-17(18(10-15)35-3)38-12-20(31)30-27-11-14-8-16(26)23(32)19(9-14)36-4/h6-11,22,32H,5,12H2,1-4H3,(H,30,31)(H2,28,29,34)/b27-11-/t22-/m0/s1. The lowest BCUT2D eigenvalue weighted by molar-refractivity contribution is -0.139. The predicted octanol–water partition coefficient (Wildman–Crippen LogP) is 2.73. The van der Waals surface area contributed by atoms with Crippen molar-refractivity contribution in [1.29, 1.82) is 0 Å². The number of ether oxygens (including phenoxy) is 4. The van der Waals surface area contributed by atoms with Crippen LogP contribution >= 0.6 is 22.6 Å². The van der Waals surface area contributed by atoms with E-state index in [1.807, 2.05) is 22.6 Å². The van der Waals surface area contributed by atoms with Gasteiger partial charge in [-0.05, 0) is 71.8 Å². The summed E-state index contributed by atoms with van der Waals surface area (Å²) in [6.07, 6.45) is 1.40. The lowest BCUT2D eigenvalue weighted by Gasteiger charge is -2.28. The van der Waals surface area contributed by atoms with Crippen molar-refractivity contribution in [3.8, 4) is 23.0 Å². The van der Waals surface area contributed by atoms with Gasteiger partial charge in [0.25, 0.3) is 5.91 Å². The minimum Gasteiger partial charge on any atom is -0.504 e. The number of methoxy groups -OCH3 is 2. The first-order valence-electron chi connectivity index (χ1n) is 11.3. The molecule has 1 aliphatic rings. The molecule has 1 heterocycles. The average Bonchev–Trinajstić information content (AvgIpc) is 2.88. The summed E-state index contributed by atoms with van der Waals surface area (Å²) < 4.78 is 21.8. The lowest BCUT2D eigenvalue weighted by Crippen LogP contribution is -2.45. The molecule has 0 saturated heterocycles. The quantitative estimate of drug-likeness (QED) is 0.134. The molecule has 0 spiro atoms. The topological polar surface area (TPSA) is 157 Å². The highest BCUT2D eigenvalue weighted by Crippen LogP contribution is 2.35. The largest absolute Gasteiger partial charge is 0.504 e. The third-order valence-electron chi connectivity index (χ3n) is 5.32. The summed E-state index contributed by atoms with van der Waals surface area (Å²) in [6.45, 7) is 3.13. The predicted molar refractivity (Wildman–Crippen MR) is 145 cm³/mol. The van der Waals surface area contributed by atoms with Crippen LogP contribution < -0.4 is 30.3 Å². The molecule has 2 aromatic carbocycles. The molecular formula is C25H27IN4O8. The molecule has 0 radical (unpaired) electrons. The Morgan fingerprint density at radius 3 is 2.58 bits per heavy atom. The Balaban J connectivity index is 1.69. The van der Waals surface area contributed by atoms with Crippen LogP contribution in [0, 0.1) is 3.57 Å². The number of allylic oxidation sites excluding steroid dienone is 1. The molecule has 12 nitrogen and oxygen atoms in total. The van der Waals surface area contributed by atoms with Gasteiger partial charge in [-0.1, -0.05) is 6.07 Å². The first kappa shape index (κ1) is 28.6. The number of carbonyl (C=O) groups excluding carboxylic acids is 3. The van der Waals surface area contributed by atoms with E-state index < -0.39 is 23.9 Å². The third-order valence-corrected chi connectivity index (χ3v) is 6.14. The SMILES string of the molecule is CCOC(=O)C1=C(C)NC(=O)N[C@H]1c1ccc(OCC(=O)N/N=C\c2cc(I)c(O)c(OC)c2)c(OC)c1. The van der Waals surface area contributed by atoms with Gasteiger partial charge in [0, 0.05) is 5.70 Å². The van der Waals surface area contributed by atoms with E-state index in [9.17, 15) is 19.5 Å². The van der Waals surface area contributed by atoms with E-state index in [2.05, 4.69) is 21.2 Å². The van der Waals surface area contributed by atoms with Gasteiger partial charge in [0.15, 0.2) is 29.6 Å². The van der Waals surface area contributed by atoms with E-state index >= 15 is 0 Å². The second kappa shape index (κ2) is 13.0. The van der Waals surface area contributed by atoms with E-state index in [4.69, 9.17) is 18.9 Å². The second-order valence-corrected chi connectivity index (χ2v) is 9.00. The minimum absolute atomic E-state index is 0.0217. The average molecular weight is 638 g/mol. The molecule has 0 unspecified atom stereocenters. The molecule has 0 fully saturated rings. The number of hydrogen-bond donors (Lipinski definition) is 4. The Morgan fingerprint density at radius 2 is 1.89 bits per heavy atom. The van der Waals surface area contributed by atoms with Crippen molar-refractivity contribution in [2.45, 2.75) is 19.9 Å². The number of halogens is 1. The summed E-state index contributed by atoms with van der Waals surface area (Å²) in [5.74, 6) is -0.216. The zero-order valence-electron chi connectivity index (χ0n) is 21.1. The van der Waals surface area contributed by atoms with E-state index in [1.54, 1.807) is 44.2 Å². The van der Waals surface area contributed by atoms with Gasteiger partial charge in [0.05, 0.1) is 42.2 Å². The lowest BCUT2D eigenvalue weighted by atomic mass is 9.95. The summed E-state index contributed by atoms with van der Waals surface area (Å²) >= 11 is 1.96. The van der Waals surface area contributed by atoms with Gasteiger partial charge in [-0.2, -0.15) is 5.10 Å². The van der Waals surface area contributed by atoms with Crippen LogP contribution in [0.25, 0.3) is 0 Å². The van der Waals surface area contributed by atoms with Crippen LogP contribution in [0.1, 0.15) is 31.0 Å². The highest BCUT2D eigenvalue weighted by Gasteiger charge is 2.32. The maximum atomic E-state index is 12.5. The zero-order valence-corrected chi connectivity index (χ0v) is 23.2. The number of aromatic hydroxyl groups is 1. The Morgan fingerprint density at radius 1 is 1.16 bits per heavy atom. The number of urea groups is 1. The van der Waals surface area contributed by atoms with Crippen molar-refractivity contribution in [3.05, 3.63) is 56.3 Å². The van der Waals surface area contributed by atoms with Gasteiger partial charge in [-0.25, -0.2) is 15.0 Å². The molecule has 202 valence electrons. The monoisotopic (exact) mass is 638 g/mol. The summed E-state index contributed by atoms with van der Waals surface area (Å²) in [4.78, 5) is 36.9. The summed E-state index contributed by atoms with van der Waals surface area (Å²) in [7, 11) is 2.86. The maximum absolute atomic E-state index is 12.5. The van der Waals surface area contributed by atoms with Crippen LogP contribution in [0.5, 0.6) is 23.0 Å². The van der Waals surface area contributed by atoms with Crippen molar-refractivity contribution in [2.24, 2.45) is 5.10 Å². The fourth-order valence-electron chi connectivity index (χ4n) is 3.58. The third kappa shape index (κ3) is 6.85. The normalized spacial score (nSPS) is 15.0. The Hall–Kier alpha value is -4.01. The Bertz CT molecular complexity index is 1290. The number of benzene rings is 2. The number of carbonyl (C=O) groups is 3. The van der Waals surface area contributed by atoms with Gasteiger partial charge >= 0.3 is 12.0 Å². The molecule has 1 atom stereocenters. The molecule has 0 saturated carbocycles. The molecule has 0 aliphatic carbocycles. The van der Waals surface area contributed by atoms with Gasteiger partial charge in [0.2, 0.25) is 0 Å². The highest BCUT2D eigenvalue weighted by molar-refractivity contribution is 14.1. The molecule has 0 bridgehead atoms. The number of esters is 1. The highest BCUT2D eigenvalue weighted by atomic mass is 127. The van der Waals surface area contributed by atoms with Gasteiger partial charge < -0.3 is 34.7 Å².